The number of sulfonamides is 1. The van der Waals surface area contributed by atoms with E-state index in [9.17, 15) is 32.7 Å². The molecule has 2 heterocycles. The number of nitrogens with zero attached hydrogens (tertiary/aromatic N) is 2. The second-order valence-corrected chi connectivity index (χ2v) is 12.5. The first kappa shape index (κ1) is 28.6. The quantitative estimate of drug-likeness (QED) is 0.448. The number of amides is 1. The Bertz CT molecular complexity index is 1370. The van der Waals surface area contributed by atoms with Crippen molar-refractivity contribution in [3.63, 3.8) is 0 Å². The van der Waals surface area contributed by atoms with Crippen molar-refractivity contribution in [2.45, 2.75) is 36.7 Å². The molecule has 0 radical (unpaired) electrons. The maximum atomic E-state index is 14.0. The molecule has 2 aliphatic heterocycles. The van der Waals surface area contributed by atoms with Crippen LogP contribution < -0.4 is 14.4 Å². The van der Waals surface area contributed by atoms with Crippen molar-refractivity contribution in [3.05, 3.63) is 54.1 Å². The van der Waals surface area contributed by atoms with Crippen molar-refractivity contribution in [1.82, 2.24) is 10.2 Å². The summed E-state index contributed by atoms with van der Waals surface area (Å²) in [5.74, 6) is -1.25. The summed E-state index contributed by atoms with van der Waals surface area (Å²) < 4.78 is 33.9. The van der Waals surface area contributed by atoms with E-state index in [1.54, 1.807) is 35.7 Å². The fourth-order valence-electron chi connectivity index (χ4n) is 4.44. The number of rotatable bonds is 8. The highest BCUT2D eigenvalue weighted by Crippen LogP contribution is 2.35. The van der Waals surface area contributed by atoms with Gasteiger partial charge in [0.05, 0.1) is 23.2 Å². The number of anilines is 1. The molecule has 2 aliphatic rings. The molecule has 1 amide bonds. The van der Waals surface area contributed by atoms with Gasteiger partial charge < -0.3 is 20.1 Å². The van der Waals surface area contributed by atoms with Gasteiger partial charge in [-0.05, 0) is 50.2 Å². The number of aliphatic carboxylic acids is 1. The number of hydrogen-bond donors (Lipinski definition) is 2. The monoisotopic (exact) mass is 575 g/mol. The standard InChI is InChI=1S/C26H29N3O8S2/c1-17-3-9-21(10-4-17)39(35,36)29(26(2,24(32)33)23(31)22-15-19(30)16-27-22)18-5-7-20(8-6-18)37-25(34)28-11-13-38-14-12-28/h3-10,22,27H,11-16H2,1-2H3,(H,32,33)/t22-,26+/m0/s1. The number of carboxylic acids is 1. The molecule has 2 N–H and O–H groups in total. The largest absolute Gasteiger partial charge is 0.479 e. The highest BCUT2D eigenvalue weighted by atomic mass is 32.2. The molecule has 2 aromatic rings. The van der Waals surface area contributed by atoms with E-state index in [1.807, 2.05) is 0 Å². The Kier molecular flexibility index (Phi) is 8.33. The SMILES string of the molecule is Cc1ccc(S(=O)(=O)N(c2ccc(OC(=O)N3CCSCC3)cc2)[C@@](C)(C(=O)O)C(=O)[C@@H]2CC(=O)CN2)cc1. The van der Waals surface area contributed by atoms with Crippen molar-refractivity contribution in [2.75, 3.05) is 35.4 Å². The molecule has 208 valence electrons. The number of benzene rings is 2. The van der Waals surface area contributed by atoms with Crippen molar-refractivity contribution in [2.24, 2.45) is 0 Å². The lowest BCUT2D eigenvalue weighted by molar-refractivity contribution is -0.147. The molecule has 0 spiro atoms. The Morgan fingerprint density at radius 2 is 1.69 bits per heavy atom. The number of Topliss-reactive ketones (excluding diaryl/α,β-unsaturated/α-hetero) is 2. The first-order valence-corrected chi connectivity index (χ1v) is 14.8. The highest BCUT2D eigenvalue weighted by molar-refractivity contribution is 7.99. The van der Waals surface area contributed by atoms with Crippen LogP contribution in [0, 0.1) is 6.92 Å². The maximum Gasteiger partial charge on any atom is 0.415 e. The molecule has 2 fully saturated rings. The number of ketones is 2. The van der Waals surface area contributed by atoms with Crippen LogP contribution in [0.5, 0.6) is 5.75 Å². The molecule has 39 heavy (non-hydrogen) atoms. The molecule has 4 rings (SSSR count). The molecule has 0 aromatic heterocycles. The van der Waals surface area contributed by atoms with Crippen LogP contribution in [0.2, 0.25) is 0 Å². The van der Waals surface area contributed by atoms with Gasteiger partial charge in [-0.15, -0.1) is 0 Å². The molecule has 2 saturated heterocycles. The van der Waals surface area contributed by atoms with Crippen LogP contribution in [0.4, 0.5) is 10.5 Å². The first-order valence-electron chi connectivity index (χ1n) is 12.2. The highest BCUT2D eigenvalue weighted by Gasteiger charge is 2.55. The van der Waals surface area contributed by atoms with Crippen LogP contribution in [0.25, 0.3) is 0 Å². The third kappa shape index (κ3) is 5.80. The minimum atomic E-state index is -4.61. The summed E-state index contributed by atoms with van der Waals surface area (Å²) in [6.07, 6.45) is -0.793. The Morgan fingerprint density at radius 1 is 1.08 bits per heavy atom. The van der Waals surface area contributed by atoms with Gasteiger partial charge in [-0.1, -0.05) is 17.7 Å². The number of aryl methyl sites for hydroxylation is 1. The predicted octanol–water partition coefficient (Wildman–Crippen LogP) is 2.08. The molecule has 2 aromatic carbocycles. The number of thioether (sulfide) groups is 1. The summed E-state index contributed by atoms with van der Waals surface area (Å²) in [6.45, 7) is 3.75. The predicted molar refractivity (Wildman–Crippen MR) is 145 cm³/mol. The van der Waals surface area contributed by atoms with E-state index in [4.69, 9.17) is 4.74 Å². The number of carboxylic acid groups (broad SMARTS) is 1. The van der Waals surface area contributed by atoms with E-state index in [0.29, 0.717) is 17.4 Å². The molecule has 11 nitrogen and oxygen atoms in total. The average Bonchev–Trinajstić information content (AvgIpc) is 3.35. The Hall–Kier alpha value is -3.42. The number of carbonyl (C=O) groups is 4. The van der Waals surface area contributed by atoms with Crippen molar-refractivity contribution >= 4 is 51.1 Å². The van der Waals surface area contributed by atoms with Gasteiger partial charge >= 0.3 is 12.1 Å². The van der Waals surface area contributed by atoms with E-state index in [-0.39, 0.29) is 35.1 Å². The molecular formula is C26H29N3O8S2. The maximum absolute atomic E-state index is 14.0. The molecule has 0 unspecified atom stereocenters. The first-order chi connectivity index (χ1) is 18.4. The smallest absolute Gasteiger partial charge is 0.415 e. The summed E-state index contributed by atoms with van der Waals surface area (Å²) in [4.78, 5) is 52.0. The summed E-state index contributed by atoms with van der Waals surface area (Å²) in [5, 5.41) is 13.0. The molecule has 0 bridgehead atoms. The molecule has 2 atom stereocenters. The summed E-state index contributed by atoms with van der Waals surface area (Å²) in [6, 6.07) is 9.85. The van der Waals surface area contributed by atoms with Crippen LogP contribution in [-0.2, 0) is 24.4 Å². The number of carbonyl (C=O) groups excluding carboxylic acids is 3. The fraction of sp³-hybridized carbons (Fsp3) is 0.385. The summed E-state index contributed by atoms with van der Waals surface area (Å²) >= 11 is 1.73. The number of ether oxygens (including phenoxy) is 1. The minimum absolute atomic E-state index is 0.118. The summed E-state index contributed by atoms with van der Waals surface area (Å²) in [5.41, 5.74) is -1.97. The van der Waals surface area contributed by atoms with Crippen LogP contribution in [0.1, 0.15) is 18.9 Å². The second-order valence-electron chi connectivity index (χ2n) is 9.46. The zero-order valence-electron chi connectivity index (χ0n) is 21.5. The third-order valence-electron chi connectivity index (χ3n) is 6.70. The topological polar surface area (TPSA) is 150 Å². The van der Waals surface area contributed by atoms with Crippen LogP contribution in [-0.4, -0.2) is 84.8 Å². The number of nitrogens with one attached hydrogen (secondary N) is 1. The molecule has 0 saturated carbocycles. The van der Waals surface area contributed by atoms with E-state index in [0.717, 1.165) is 24.0 Å². The van der Waals surface area contributed by atoms with Gasteiger partial charge in [-0.3, -0.25) is 9.59 Å². The van der Waals surface area contributed by atoms with Gasteiger partial charge in [0.25, 0.3) is 10.0 Å². The lowest BCUT2D eigenvalue weighted by atomic mass is 9.90. The number of hydrogen-bond acceptors (Lipinski definition) is 9. The lowest BCUT2D eigenvalue weighted by Gasteiger charge is -2.38. The van der Waals surface area contributed by atoms with E-state index in [2.05, 4.69) is 5.32 Å². The Labute approximate surface area is 230 Å². The van der Waals surface area contributed by atoms with E-state index < -0.39 is 39.4 Å². The average molecular weight is 576 g/mol. The Morgan fingerprint density at radius 3 is 2.23 bits per heavy atom. The lowest BCUT2D eigenvalue weighted by Crippen LogP contribution is -2.64. The normalized spacial score (nSPS) is 19.3. The van der Waals surface area contributed by atoms with E-state index >= 15 is 0 Å². The Balaban J connectivity index is 1.75. The van der Waals surface area contributed by atoms with Gasteiger partial charge in [0.15, 0.2) is 5.78 Å². The minimum Gasteiger partial charge on any atom is -0.479 e. The zero-order chi connectivity index (χ0) is 28.4. The fourth-order valence-corrected chi connectivity index (χ4v) is 7.08. The van der Waals surface area contributed by atoms with Crippen molar-refractivity contribution < 1.29 is 37.4 Å². The van der Waals surface area contributed by atoms with Crippen LogP contribution in [0.3, 0.4) is 0 Å². The third-order valence-corrected chi connectivity index (χ3v) is 9.57. The molecular weight excluding hydrogens is 546 g/mol. The zero-order valence-corrected chi connectivity index (χ0v) is 23.1. The van der Waals surface area contributed by atoms with E-state index in [1.165, 1.54) is 36.4 Å². The van der Waals surface area contributed by atoms with Gasteiger partial charge in [0.2, 0.25) is 5.54 Å². The van der Waals surface area contributed by atoms with Crippen LogP contribution >= 0.6 is 11.8 Å². The van der Waals surface area contributed by atoms with Gasteiger partial charge in [-0.25, -0.2) is 22.3 Å². The van der Waals surface area contributed by atoms with Crippen molar-refractivity contribution in [1.29, 1.82) is 0 Å². The summed E-state index contributed by atoms with van der Waals surface area (Å²) in [7, 11) is -4.61. The van der Waals surface area contributed by atoms with Gasteiger partial charge in [0, 0.05) is 31.0 Å². The van der Waals surface area contributed by atoms with Crippen molar-refractivity contribution in [3.8, 4) is 5.75 Å². The van der Waals surface area contributed by atoms with Gasteiger partial charge in [0.1, 0.15) is 11.5 Å². The molecule has 0 aliphatic carbocycles. The van der Waals surface area contributed by atoms with Crippen LogP contribution in [0.15, 0.2) is 53.4 Å². The molecule has 13 heteroatoms. The second kappa shape index (κ2) is 11.4. The van der Waals surface area contributed by atoms with Gasteiger partial charge in [-0.2, -0.15) is 11.8 Å².